The van der Waals surface area contributed by atoms with Crippen LogP contribution in [0.25, 0.3) is 0 Å². The molecule has 0 saturated heterocycles. The third-order valence-corrected chi connectivity index (χ3v) is 5.31. The van der Waals surface area contributed by atoms with Crippen molar-refractivity contribution in [2.75, 3.05) is 13.6 Å². The van der Waals surface area contributed by atoms with Gasteiger partial charge in [-0.25, -0.2) is 0 Å². The lowest BCUT2D eigenvalue weighted by molar-refractivity contribution is 0.0514. The lowest BCUT2D eigenvalue weighted by Gasteiger charge is -2.48. The monoisotopic (exact) mass is 323 g/mol. The number of nitrogens with zero attached hydrogens (tertiary/aromatic N) is 2. The summed E-state index contributed by atoms with van der Waals surface area (Å²) in [4.78, 5) is 15.0. The molecule has 1 heterocycles. The van der Waals surface area contributed by atoms with Gasteiger partial charge in [0.05, 0.1) is 5.54 Å². The van der Waals surface area contributed by atoms with E-state index in [0.717, 1.165) is 37.1 Å². The molecule has 132 valence electrons. The molecule has 1 N–H and O–H groups in total. The van der Waals surface area contributed by atoms with Gasteiger partial charge in [0.15, 0.2) is 5.69 Å². The number of aryl methyl sites for hydroxylation is 1. The van der Waals surface area contributed by atoms with Crippen molar-refractivity contribution in [1.82, 2.24) is 15.4 Å². The second-order valence-corrected chi connectivity index (χ2v) is 7.35. The predicted molar refractivity (Wildman–Crippen MR) is 93.8 cm³/mol. The summed E-state index contributed by atoms with van der Waals surface area (Å²) in [5.74, 6) is 0.597. The highest BCUT2D eigenvalue weighted by molar-refractivity contribution is 5.94. The lowest BCUT2D eigenvalue weighted by atomic mass is 9.80. The summed E-state index contributed by atoms with van der Waals surface area (Å²) >= 11 is 0. The summed E-state index contributed by atoms with van der Waals surface area (Å²) in [7, 11) is 2.11. The van der Waals surface area contributed by atoms with Gasteiger partial charge in [-0.05, 0) is 54.6 Å². The molecule has 0 aliphatic rings. The molecule has 1 aromatic heterocycles. The van der Waals surface area contributed by atoms with Crippen molar-refractivity contribution in [3.05, 3.63) is 17.0 Å². The van der Waals surface area contributed by atoms with Crippen LogP contribution in [0.1, 0.15) is 76.2 Å². The van der Waals surface area contributed by atoms with Crippen molar-refractivity contribution in [2.45, 2.75) is 78.8 Å². The Morgan fingerprint density at radius 2 is 1.87 bits per heavy atom. The molecule has 0 aliphatic carbocycles. The molecular formula is C18H33N3O2. The number of likely N-dealkylation sites (N-methyl/N-ethyl adjacent to an activating group) is 1. The maximum Gasteiger partial charge on any atom is 0.274 e. The van der Waals surface area contributed by atoms with E-state index in [2.05, 4.69) is 57.0 Å². The first-order valence-electron chi connectivity index (χ1n) is 8.57. The third kappa shape index (κ3) is 4.14. The van der Waals surface area contributed by atoms with Gasteiger partial charge in [0.25, 0.3) is 5.91 Å². The molecule has 23 heavy (non-hydrogen) atoms. The Morgan fingerprint density at radius 1 is 1.26 bits per heavy atom. The Morgan fingerprint density at radius 3 is 2.35 bits per heavy atom. The van der Waals surface area contributed by atoms with Gasteiger partial charge in [0.1, 0.15) is 5.76 Å². The highest BCUT2D eigenvalue weighted by Crippen LogP contribution is 2.28. The molecule has 0 unspecified atom stereocenters. The van der Waals surface area contributed by atoms with Crippen LogP contribution in [-0.2, 0) is 6.42 Å². The van der Waals surface area contributed by atoms with Crippen LogP contribution in [0.4, 0.5) is 0 Å². The van der Waals surface area contributed by atoms with Gasteiger partial charge < -0.3 is 9.84 Å². The number of carbonyl (C=O) groups is 1. The van der Waals surface area contributed by atoms with E-state index in [1.54, 1.807) is 0 Å². The summed E-state index contributed by atoms with van der Waals surface area (Å²) in [6.07, 6.45) is 3.04. The smallest absolute Gasteiger partial charge is 0.274 e. The zero-order valence-corrected chi connectivity index (χ0v) is 16.0. The van der Waals surface area contributed by atoms with E-state index in [-0.39, 0.29) is 11.4 Å². The average molecular weight is 323 g/mol. The number of nitrogens with one attached hydrogen (secondary N) is 1. The zero-order valence-electron chi connectivity index (χ0n) is 16.0. The SMILES string of the molecule is CCCCN(C)C(C)(C)C(C)(C)NC(=O)c1noc(CC)c1C. The second kappa shape index (κ2) is 7.47. The third-order valence-electron chi connectivity index (χ3n) is 5.31. The van der Waals surface area contributed by atoms with E-state index in [4.69, 9.17) is 4.52 Å². The van der Waals surface area contributed by atoms with Crippen molar-refractivity contribution in [3.8, 4) is 0 Å². The number of unbranched alkanes of at least 4 members (excludes halogenated alkanes) is 1. The first kappa shape index (κ1) is 19.7. The molecule has 0 atom stereocenters. The van der Waals surface area contributed by atoms with Gasteiger partial charge in [0, 0.05) is 17.5 Å². The van der Waals surface area contributed by atoms with Crippen LogP contribution in [0.5, 0.6) is 0 Å². The van der Waals surface area contributed by atoms with Crippen LogP contribution in [0.3, 0.4) is 0 Å². The fourth-order valence-electron chi connectivity index (χ4n) is 2.56. The highest BCUT2D eigenvalue weighted by atomic mass is 16.5. The minimum absolute atomic E-state index is 0.173. The van der Waals surface area contributed by atoms with Crippen molar-refractivity contribution < 1.29 is 9.32 Å². The lowest BCUT2D eigenvalue weighted by Crippen LogP contribution is -2.64. The Labute approximate surface area is 140 Å². The van der Waals surface area contributed by atoms with Gasteiger partial charge in [-0.2, -0.15) is 0 Å². The summed E-state index contributed by atoms with van der Waals surface area (Å²) in [6.45, 7) is 15.5. The molecule has 1 rings (SSSR count). The van der Waals surface area contributed by atoms with Crippen LogP contribution in [-0.4, -0.2) is 40.6 Å². The summed E-state index contributed by atoms with van der Waals surface area (Å²) in [5, 5.41) is 7.09. The molecule has 0 aromatic carbocycles. The molecule has 1 amide bonds. The predicted octanol–water partition coefficient (Wildman–Crippen LogP) is 3.56. The quantitative estimate of drug-likeness (QED) is 0.794. The molecule has 5 heteroatoms. The largest absolute Gasteiger partial charge is 0.360 e. The maximum atomic E-state index is 12.6. The maximum absolute atomic E-state index is 12.6. The molecule has 0 fully saturated rings. The number of rotatable bonds is 8. The topological polar surface area (TPSA) is 58.4 Å². The van der Waals surface area contributed by atoms with Crippen molar-refractivity contribution in [1.29, 1.82) is 0 Å². The zero-order chi connectivity index (χ0) is 17.8. The molecule has 0 bridgehead atoms. The van der Waals surface area contributed by atoms with Crippen LogP contribution in [0.15, 0.2) is 4.52 Å². The summed E-state index contributed by atoms with van der Waals surface area (Å²) in [5.41, 5.74) is 0.618. The number of hydrogen-bond donors (Lipinski definition) is 1. The van der Waals surface area contributed by atoms with Crippen molar-refractivity contribution in [2.24, 2.45) is 0 Å². The van der Waals surface area contributed by atoms with Crippen LogP contribution >= 0.6 is 0 Å². The van der Waals surface area contributed by atoms with Gasteiger partial charge >= 0.3 is 0 Å². The van der Waals surface area contributed by atoms with E-state index >= 15 is 0 Å². The van der Waals surface area contributed by atoms with Gasteiger partial charge in [0.2, 0.25) is 0 Å². The molecule has 0 aliphatic heterocycles. The first-order chi connectivity index (χ1) is 10.6. The fourth-order valence-corrected chi connectivity index (χ4v) is 2.56. The van der Waals surface area contributed by atoms with E-state index in [1.165, 1.54) is 0 Å². The minimum atomic E-state index is -0.412. The van der Waals surface area contributed by atoms with E-state index in [9.17, 15) is 4.79 Å². The van der Waals surface area contributed by atoms with E-state index in [1.807, 2.05) is 13.8 Å². The number of carbonyl (C=O) groups excluding carboxylic acids is 1. The van der Waals surface area contributed by atoms with Gasteiger partial charge in [-0.15, -0.1) is 0 Å². The molecule has 5 nitrogen and oxygen atoms in total. The van der Waals surface area contributed by atoms with Gasteiger partial charge in [-0.1, -0.05) is 25.4 Å². The second-order valence-electron chi connectivity index (χ2n) is 7.35. The average Bonchev–Trinajstić information content (AvgIpc) is 2.84. The van der Waals surface area contributed by atoms with Crippen molar-refractivity contribution >= 4 is 5.91 Å². The Balaban J connectivity index is 2.91. The molecular weight excluding hydrogens is 290 g/mol. The first-order valence-corrected chi connectivity index (χ1v) is 8.57. The van der Waals surface area contributed by atoms with Crippen LogP contribution < -0.4 is 5.32 Å². The Hall–Kier alpha value is -1.36. The van der Waals surface area contributed by atoms with E-state index < -0.39 is 5.54 Å². The molecule has 0 radical (unpaired) electrons. The van der Waals surface area contributed by atoms with Gasteiger partial charge in [-0.3, -0.25) is 9.69 Å². The summed E-state index contributed by atoms with van der Waals surface area (Å²) < 4.78 is 5.25. The Kier molecular flexibility index (Phi) is 6.40. The fraction of sp³-hybridized carbons (Fsp3) is 0.778. The standard InChI is InChI=1S/C18H33N3O2/c1-9-11-12-21(8)18(6,7)17(4,5)19-16(22)15-13(3)14(10-2)23-20-15/h9-12H2,1-8H3,(H,19,22). The van der Waals surface area contributed by atoms with E-state index in [0.29, 0.717) is 5.69 Å². The van der Waals surface area contributed by atoms with Crippen LogP contribution in [0.2, 0.25) is 0 Å². The highest BCUT2D eigenvalue weighted by Gasteiger charge is 2.41. The number of aromatic nitrogens is 1. The molecule has 0 spiro atoms. The molecule has 0 saturated carbocycles. The normalized spacial score (nSPS) is 12.7. The minimum Gasteiger partial charge on any atom is -0.360 e. The molecule has 1 aromatic rings. The number of amides is 1. The van der Waals surface area contributed by atoms with Crippen molar-refractivity contribution in [3.63, 3.8) is 0 Å². The summed E-state index contributed by atoms with van der Waals surface area (Å²) in [6, 6.07) is 0. The Bertz CT molecular complexity index is 532. The number of hydrogen-bond acceptors (Lipinski definition) is 4. The van der Waals surface area contributed by atoms with Crippen LogP contribution in [0, 0.1) is 6.92 Å².